The fourth-order valence-electron chi connectivity index (χ4n) is 1.64. The topological polar surface area (TPSA) is 28.6 Å². The highest BCUT2D eigenvalue weighted by Gasteiger charge is 2.24. The van der Waals surface area contributed by atoms with Gasteiger partial charge in [-0.25, -0.2) is 22.1 Å². The van der Waals surface area contributed by atoms with E-state index in [-0.39, 0.29) is 0 Å². The number of nitrogens with zero attached hydrogens (tertiary/aromatic N) is 3. The molecule has 2 aromatic rings. The van der Waals surface area contributed by atoms with E-state index in [1.807, 2.05) is 0 Å². The monoisotopic (exact) mass is 308 g/mol. The molecule has 0 amide bonds. The van der Waals surface area contributed by atoms with E-state index in [2.05, 4.69) is 22.1 Å². The molecular formula is C15H10F4N3+. The molecule has 0 radical (unpaired) electrons. The van der Waals surface area contributed by atoms with Crippen LogP contribution in [0.25, 0.3) is 0 Å². The Morgan fingerprint density at radius 2 is 1.45 bits per heavy atom. The summed E-state index contributed by atoms with van der Waals surface area (Å²) in [5.74, 6) is -1.91. The quantitative estimate of drug-likeness (QED) is 0.254. The number of halogens is 4. The number of rotatable bonds is 1. The van der Waals surface area contributed by atoms with Crippen LogP contribution in [0, 0.1) is 35.1 Å². The Morgan fingerprint density at radius 1 is 0.909 bits per heavy atom. The van der Waals surface area contributed by atoms with Crippen LogP contribution in [0.5, 0.6) is 0 Å². The summed E-state index contributed by atoms with van der Waals surface area (Å²) in [7, 11) is 2.90. The molecule has 0 saturated heterocycles. The Kier molecular flexibility index (Phi) is 4.51. The third-order valence-electron chi connectivity index (χ3n) is 2.75. The molecule has 2 rings (SSSR count). The SMILES string of the molecule is CN=Nc1c(F)c(F)c(C#Cc2cc[n+](C)cc2)c(F)c1F. The summed E-state index contributed by atoms with van der Waals surface area (Å²) in [6.07, 6.45) is 3.34. The molecule has 1 aromatic heterocycles. The van der Waals surface area contributed by atoms with Crippen molar-refractivity contribution in [1.82, 2.24) is 0 Å². The predicted octanol–water partition coefficient (Wildman–Crippen LogP) is 3.18. The smallest absolute Gasteiger partial charge is 0.190 e. The van der Waals surface area contributed by atoms with Gasteiger partial charge in [0.1, 0.15) is 12.6 Å². The van der Waals surface area contributed by atoms with E-state index in [1.165, 1.54) is 0 Å². The van der Waals surface area contributed by atoms with Crippen LogP contribution in [-0.2, 0) is 7.05 Å². The Labute approximate surface area is 123 Å². The summed E-state index contributed by atoms with van der Waals surface area (Å²) in [6, 6.07) is 3.18. The van der Waals surface area contributed by atoms with Crippen LogP contribution in [0.3, 0.4) is 0 Å². The van der Waals surface area contributed by atoms with Crippen LogP contribution in [0.4, 0.5) is 23.2 Å². The highest BCUT2D eigenvalue weighted by atomic mass is 19.2. The van der Waals surface area contributed by atoms with E-state index in [0.29, 0.717) is 5.56 Å². The van der Waals surface area contributed by atoms with Crippen molar-refractivity contribution in [1.29, 1.82) is 0 Å². The van der Waals surface area contributed by atoms with Gasteiger partial charge in [-0.1, -0.05) is 11.8 Å². The number of aryl methyl sites for hydroxylation is 1. The minimum absolute atomic E-state index is 0.440. The van der Waals surface area contributed by atoms with Crippen molar-refractivity contribution >= 4 is 5.69 Å². The number of hydrogen-bond acceptors (Lipinski definition) is 2. The molecule has 0 aliphatic heterocycles. The zero-order valence-corrected chi connectivity index (χ0v) is 11.7. The van der Waals surface area contributed by atoms with Gasteiger partial charge in [-0.05, 0) is 0 Å². The van der Waals surface area contributed by atoms with Crippen LogP contribution in [0.2, 0.25) is 0 Å². The summed E-state index contributed by atoms with van der Waals surface area (Å²) in [4.78, 5) is 0. The maximum Gasteiger partial charge on any atom is 0.190 e. The second kappa shape index (κ2) is 6.35. The maximum atomic E-state index is 13.8. The van der Waals surface area contributed by atoms with Crippen LogP contribution in [0.15, 0.2) is 34.8 Å². The maximum absolute atomic E-state index is 13.8. The van der Waals surface area contributed by atoms with E-state index >= 15 is 0 Å². The first-order valence-corrected chi connectivity index (χ1v) is 6.08. The summed E-state index contributed by atoms with van der Waals surface area (Å²) >= 11 is 0. The van der Waals surface area contributed by atoms with Crippen LogP contribution < -0.4 is 4.57 Å². The fourth-order valence-corrected chi connectivity index (χ4v) is 1.64. The molecule has 112 valence electrons. The molecule has 0 saturated carbocycles. The molecule has 7 heteroatoms. The third kappa shape index (κ3) is 2.96. The molecule has 0 atom stereocenters. The number of pyridine rings is 1. The van der Waals surface area contributed by atoms with Gasteiger partial charge in [-0.2, -0.15) is 5.11 Å². The van der Waals surface area contributed by atoms with Crippen molar-refractivity contribution in [3.63, 3.8) is 0 Å². The molecule has 0 N–H and O–H groups in total. The van der Waals surface area contributed by atoms with Crippen molar-refractivity contribution in [2.24, 2.45) is 17.3 Å². The molecule has 0 aliphatic carbocycles. The lowest BCUT2D eigenvalue weighted by Gasteiger charge is -2.04. The number of hydrogen-bond donors (Lipinski definition) is 0. The normalized spacial score (nSPS) is 10.6. The van der Waals surface area contributed by atoms with Gasteiger partial charge in [-0.15, -0.1) is 5.11 Å². The number of azo groups is 1. The van der Waals surface area contributed by atoms with Crippen LogP contribution in [0.1, 0.15) is 11.1 Å². The summed E-state index contributed by atoms with van der Waals surface area (Å²) in [6.45, 7) is 0. The Bertz CT molecular complexity index is 773. The summed E-state index contributed by atoms with van der Waals surface area (Å²) in [5, 5.41) is 6.16. The number of benzene rings is 1. The Hall–Kier alpha value is -2.75. The zero-order chi connectivity index (χ0) is 16.3. The summed E-state index contributed by atoms with van der Waals surface area (Å²) < 4.78 is 56.7. The lowest BCUT2D eigenvalue weighted by molar-refractivity contribution is -0.671. The van der Waals surface area contributed by atoms with Gasteiger partial charge in [-0.3, -0.25) is 0 Å². The highest BCUT2D eigenvalue weighted by Crippen LogP contribution is 2.30. The van der Waals surface area contributed by atoms with E-state index < -0.39 is 34.5 Å². The molecule has 1 aromatic carbocycles. The van der Waals surface area contributed by atoms with Crippen molar-refractivity contribution in [3.05, 3.63) is 58.9 Å². The zero-order valence-electron chi connectivity index (χ0n) is 11.7. The first-order valence-electron chi connectivity index (χ1n) is 6.08. The van der Waals surface area contributed by atoms with Crippen molar-refractivity contribution in [2.75, 3.05) is 7.05 Å². The molecule has 0 bridgehead atoms. The predicted molar refractivity (Wildman–Crippen MR) is 70.3 cm³/mol. The fraction of sp³-hybridized carbons (Fsp3) is 0.133. The van der Waals surface area contributed by atoms with Crippen molar-refractivity contribution < 1.29 is 22.1 Å². The van der Waals surface area contributed by atoms with Gasteiger partial charge in [0.05, 0.1) is 0 Å². The first-order chi connectivity index (χ1) is 10.5. The largest absolute Gasteiger partial charge is 0.208 e. The Morgan fingerprint density at radius 3 is 1.95 bits per heavy atom. The average Bonchev–Trinajstić information content (AvgIpc) is 2.51. The molecule has 3 nitrogen and oxygen atoms in total. The molecule has 0 fully saturated rings. The lowest BCUT2D eigenvalue weighted by Crippen LogP contribution is -2.25. The van der Waals surface area contributed by atoms with E-state index in [9.17, 15) is 17.6 Å². The van der Waals surface area contributed by atoms with Crippen molar-refractivity contribution in [2.45, 2.75) is 0 Å². The highest BCUT2D eigenvalue weighted by molar-refractivity contribution is 5.51. The van der Waals surface area contributed by atoms with Gasteiger partial charge in [0, 0.05) is 24.7 Å². The van der Waals surface area contributed by atoms with Gasteiger partial charge < -0.3 is 0 Å². The van der Waals surface area contributed by atoms with E-state index in [4.69, 9.17) is 0 Å². The third-order valence-corrected chi connectivity index (χ3v) is 2.75. The molecule has 0 spiro atoms. The van der Waals surface area contributed by atoms with Gasteiger partial charge in [0.15, 0.2) is 41.3 Å². The minimum Gasteiger partial charge on any atom is -0.208 e. The second-order valence-electron chi connectivity index (χ2n) is 4.28. The number of aromatic nitrogens is 1. The minimum atomic E-state index is -1.63. The standard InChI is InChI=1S/C15H10F4N3/c1-20-21-15-13(18)11(16)10(12(17)14(15)19)4-3-9-5-7-22(2)8-6-9/h5-8H,1-2H3/q+1. The van der Waals surface area contributed by atoms with Crippen LogP contribution >= 0.6 is 0 Å². The molecule has 0 aliphatic rings. The Balaban J connectivity index is 2.56. The summed E-state index contributed by atoms with van der Waals surface area (Å²) in [5.41, 5.74) is -1.66. The molecule has 0 unspecified atom stereocenters. The van der Waals surface area contributed by atoms with Gasteiger partial charge in [0.2, 0.25) is 0 Å². The molecular weight excluding hydrogens is 298 g/mol. The molecule has 22 heavy (non-hydrogen) atoms. The average molecular weight is 308 g/mol. The van der Waals surface area contributed by atoms with Gasteiger partial charge >= 0.3 is 0 Å². The van der Waals surface area contributed by atoms with Gasteiger partial charge in [0.25, 0.3) is 0 Å². The first kappa shape index (κ1) is 15.6. The van der Waals surface area contributed by atoms with E-state index in [1.54, 1.807) is 36.1 Å². The van der Waals surface area contributed by atoms with Crippen LogP contribution in [-0.4, -0.2) is 7.05 Å². The lowest BCUT2D eigenvalue weighted by atomic mass is 10.1. The molecule has 1 heterocycles. The van der Waals surface area contributed by atoms with Crippen molar-refractivity contribution in [3.8, 4) is 11.8 Å². The second-order valence-corrected chi connectivity index (χ2v) is 4.28. The van der Waals surface area contributed by atoms with E-state index in [0.717, 1.165) is 7.05 Å².